The van der Waals surface area contributed by atoms with Gasteiger partial charge in [-0.15, -0.1) is 16.9 Å². The van der Waals surface area contributed by atoms with Crippen molar-refractivity contribution in [3.63, 3.8) is 0 Å². The first-order valence-electron chi connectivity index (χ1n) is 10.2. The topological polar surface area (TPSA) is 68.0 Å². The molecule has 0 unspecified atom stereocenters. The van der Waals surface area contributed by atoms with Gasteiger partial charge in [-0.25, -0.2) is 0 Å². The minimum absolute atomic E-state index is 0.103. The summed E-state index contributed by atoms with van der Waals surface area (Å²) in [5.41, 5.74) is 4.00. The number of rotatable bonds is 8. The molecule has 6 heteroatoms. The van der Waals surface area contributed by atoms with Crippen molar-refractivity contribution in [2.24, 2.45) is 0 Å². The Morgan fingerprint density at radius 3 is 2.19 bits per heavy atom. The van der Waals surface area contributed by atoms with Gasteiger partial charge in [0, 0.05) is 10.5 Å². The Labute approximate surface area is 185 Å². The van der Waals surface area contributed by atoms with Gasteiger partial charge in [-0.05, 0) is 53.1 Å². The fourth-order valence-corrected chi connectivity index (χ4v) is 3.86. The smallest absolute Gasteiger partial charge is 0.322 e. The van der Waals surface area contributed by atoms with Crippen molar-refractivity contribution >= 4 is 23.7 Å². The second-order valence-electron chi connectivity index (χ2n) is 7.07. The highest BCUT2D eigenvalue weighted by Crippen LogP contribution is 2.19. The van der Waals surface area contributed by atoms with Crippen molar-refractivity contribution in [2.75, 3.05) is 11.1 Å². The molecule has 0 aliphatic carbocycles. The first-order chi connectivity index (χ1) is 15.2. The molecule has 0 saturated carbocycles. The summed E-state index contributed by atoms with van der Waals surface area (Å²) in [5.74, 6) is 1.23. The molecule has 0 fully saturated rings. The molecular formula is C25H23N3O2S. The molecule has 0 aliphatic rings. The van der Waals surface area contributed by atoms with Gasteiger partial charge in [0.1, 0.15) is 0 Å². The first-order valence-corrected chi connectivity index (χ1v) is 11.2. The maximum Gasteiger partial charge on any atom is 0.322 e. The standard InChI is InChI=1S/C25H23N3O2S/c1-2-31-22-14-10-20(11-15-22)17-23-27-28-25(30-23)26-24(29)21-12-8-19(9-13-21)16-18-6-4-3-5-7-18/h3-15H,2,16-17H2,1H3,(H,26,28,29). The summed E-state index contributed by atoms with van der Waals surface area (Å²) in [6.07, 6.45) is 1.35. The molecule has 156 valence electrons. The largest absolute Gasteiger partial charge is 0.407 e. The van der Waals surface area contributed by atoms with Crippen molar-refractivity contribution in [3.05, 3.63) is 107 Å². The fraction of sp³-hybridized carbons (Fsp3) is 0.160. The zero-order valence-corrected chi connectivity index (χ0v) is 18.1. The summed E-state index contributed by atoms with van der Waals surface area (Å²) in [7, 11) is 0. The summed E-state index contributed by atoms with van der Waals surface area (Å²) in [4.78, 5) is 13.7. The van der Waals surface area contributed by atoms with Gasteiger partial charge in [-0.1, -0.05) is 66.6 Å². The van der Waals surface area contributed by atoms with Gasteiger partial charge in [-0.2, -0.15) is 0 Å². The van der Waals surface area contributed by atoms with E-state index in [9.17, 15) is 4.79 Å². The van der Waals surface area contributed by atoms with E-state index >= 15 is 0 Å². The van der Waals surface area contributed by atoms with Crippen molar-refractivity contribution in [1.82, 2.24) is 10.2 Å². The van der Waals surface area contributed by atoms with Crippen LogP contribution in [0.15, 0.2) is 88.2 Å². The van der Waals surface area contributed by atoms with Crippen LogP contribution in [0.1, 0.15) is 39.9 Å². The van der Waals surface area contributed by atoms with Gasteiger partial charge in [-0.3, -0.25) is 10.1 Å². The van der Waals surface area contributed by atoms with Crippen LogP contribution >= 0.6 is 11.8 Å². The number of carbonyl (C=O) groups excluding carboxylic acids is 1. The Balaban J connectivity index is 1.34. The van der Waals surface area contributed by atoms with Crippen LogP contribution < -0.4 is 5.32 Å². The van der Waals surface area contributed by atoms with Crippen molar-refractivity contribution in [1.29, 1.82) is 0 Å². The highest BCUT2D eigenvalue weighted by atomic mass is 32.2. The number of benzene rings is 3. The molecule has 4 rings (SSSR count). The van der Waals surface area contributed by atoms with E-state index in [0.29, 0.717) is 17.9 Å². The Morgan fingerprint density at radius 2 is 1.48 bits per heavy atom. The van der Waals surface area contributed by atoms with Crippen LogP contribution in [0, 0.1) is 0 Å². The summed E-state index contributed by atoms with van der Waals surface area (Å²) < 4.78 is 5.60. The molecule has 0 saturated heterocycles. The lowest BCUT2D eigenvalue weighted by Crippen LogP contribution is -2.12. The molecule has 0 aliphatic heterocycles. The number of aromatic nitrogens is 2. The third-order valence-electron chi connectivity index (χ3n) is 4.74. The molecule has 1 heterocycles. The van der Waals surface area contributed by atoms with Gasteiger partial charge in [0.05, 0.1) is 6.42 Å². The molecule has 1 aromatic heterocycles. The molecule has 31 heavy (non-hydrogen) atoms. The zero-order chi connectivity index (χ0) is 21.5. The van der Waals surface area contributed by atoms with Gasteiger partial charge >= 0.3 is 6.01 Å². The molecule has 1 N–H and O–H groups in total. The number of hydrogen-bond donors (Lipinski definition) is 1. The van der Waals surface area contributed by atoms with Crippen molar-refractivity contribution < 1.29 is 9.21 Å². The van der Waals surface area contributed by atoms with E-state index in [0.717, 1.165) is 23.3 Å². The van der Waals surface area contributed by atoms with Crippen LogP contribution in [0.3, 0.4) is 0 Å². The highest BCUT2D eigenvalue weighted by Gasteiger charge is 2.12. The van der Waals surface area contributed by atoms with Gasteiger partial charge in [0.25, 0.3) is 5.91 Å². The predicted molar refractivity (Wildman–Crippen MR) is 124 cm³/mol. The normalized spacial score (nSPS) is 10.7. The van der Waals surface area contributed by atoms with Gasteiger partial charge in [0.15, 0.2) is 0 Å². The monoisotopic (exact) mass is 429 g/mol. The highest BCUT2D eigenvalue weighted by molar-refractivity contribution is 7.99. The Bertz CT molecular complexity index is 1120. The number of anilines is 1. The predicted octanol–water partition coefficient (Wildman–Crippen LogP) is 5.62. The number of thioether (sulfide) groups is 1. The molecule has 1 amide bonds. The SMILES string of the molecule is CCSc1ccc(Cc2nnc(NC(=O)c3ccc(Cc4ccccc4)cc3)o2)cc1. The van der Waals surface area contributed by atoms with E-state index in [2.05, 4.69) is 58.8 Å². The van der Waals surface area contributed by atoms with Crippen molar-refractivity contribution in [2.45, 2.75) is 24.7 Å². The minimum atomic E-state index is -0.276. The van der Waals surface area contributed by atoms with Gasteiger partial charge < -0.3 is 4.42 Å². The van der Waals surface area contributed by atoms with E-state index in [1.165, 1.54) is 10.5 Å². The number of amides is 1. The molecule has 0 spiro atoms. The van der Waals surface area contributed by atoms with Crippen LogP contribution in [-0.2, 0) is 12.8 Å². The summed E-state index contributed by atoms with van der Waals surface area (Å²) in [6, 6.07) is 26.1. The van der Waals surface area contributed by atoms with E-state index in [-0.39, 0.29) is 11.9 Å². The Hall–Kier alpha value is -3.38. The van der Waals surface area contributed by atoms with Crippen LogP contribution in [0.5, 0.6) is 0 Å². The Morgan fingerprint density at radius 1 is 0.839 bits per heavy atom. The van der Waals surface area contributed by atoms with E-state index < -0.39 is 0 Å². The lowest BCUT2D eigenvalue weighted by Gasteiger charge is -2.04. The van der Waals surface area contributed by atoms with E-state index in [1.807, 2.05) is 30.3 Å². The zero-order valence-electron chi connectivity index (χ0n) is 17.2. The van der Waals surface area contributed by atoms with E-state index in [1.54, 1.807) is 23.9 Å². The van der Waals surface area contributed by atoms with Crippen LogP contribution in [0.2, 0.25) is 0 Å². The molecule has 4 aromatic rings. The molecule has 0 radical (unpaired) electrons. The minimum Gasteiger partial charge on any atom is -0.407 e. The third kappa shape index (κ3) is 5.83. The second kappa shape index (κ2) is 10.1. The third-order valence-corrected chi connectivity index (χ3v) is 5.64. The number of carbonyl (C=O) groups is 1. The van der Waals surface area contributed by atoms with E-state index in [4.69, 9.17) is 4.42 Å². The first kappa shape index (κ1) is 20.9. The summed E-state index contributed by atoms with van der Waals surface area (Å²) in [6.45, 7) is 2.13. The molecule has 5 nitrogen and oxygen atoms in total. The number of nitrogens with one attached hydrogen (secondary N) is 1. The fourth-order valence-electron chi connectivity index (χ4n) is 3.20. The second-order valence-corrected chi connectivity index (χ2v) is 8.41. The van der Waals surface area contributed by atoms with Crippen LogP contribution in [0.25, 0.3) is 0 Å². The van der Waals surface area contributed by atoms with Crippen LogP contribution in [0.4, 0.5) is 6.01 Å². The number of hydrogen-bond acceptors (Lipinski definition) is 5. The molecule has 3 aromatic carbocycles. The lowest BCUT2D eigenvalue weighted by atomic mass is 10.0. The number of nitrogens with zero attached hydrogens (tertiary/aromatic N) is 2. The Kier molecular flexibility index (Phi) is 6.79. The molecule has 0 bridgehead atoms. The summed E-state index contributed by atoms with van der Waals surface area (Å²) >= 11 is 1.80. The quantitative estimate of drug-likeness (QED) is 0.369. The lowest BCUT2D eigenvalue weighted by molar-refractivity contribution is 0.102. The maximum atomic E-state index is 12.5. The van der Waals surface area contributed by atoms with Crippen molar-refractivity contribution in [3.8, 4) is 0 Å². The molecular weight excluding hydrogens is 406 g/mol. The van der Waals surface area contributed by atoms with Gasteiger partial charge in [0.2, 0.25) is 5.89 Å². The average Bonchev–Trinajstić information content (AvgIpc) is 3.23. The molecule has 0 atom stereocenters. The maximum absolute atomic E-state index is 12.5. The van der Waals surface area contributed by atoms with Crippen LogP contribution in [-0.4, -0.2) is 21.9 Å². The summed E-state index contributed by atoms with van der Waals surface area (Å²) in [5, 5.41) is 10.7. The average molecular weight is 430 g/mol.